The van der Waals surface area contributed by atoms with Gasteiger partial charge in [0.2, 0.25) is 5.76 Å². The lowest BCUT2D eigenvalue weighted by molar-refractivity contribution is 0.0914. The Morgan fingerprint density at radius 3 is 2.28 bits per heavy atom. The summed E-state index contributed by atoms with van der Waals surface area (Å²) in [6.45, 7) is 3.36. The minimum absolute atomic E-state index is 0.225. The van der Waals surface area contributed by atoms with Crippen molar-refractivity contribution in [3.63, 3.8) is 0 Å². The van der Waals surface area contributed by atoms with Crippen LogP contribution >= 0.6 is 0 Å². The minimum atomic E-state index is -0.268. The summed E-state index contributed by atoms with van der Waals surface area (Å²) in [6, 6.07) is 19.7. The van der Waals surface area contributed by atoms with Crippen LogP contribution in [0.4, 0.5) is 0 Å². The highest BCUT2D eigenvalue weighted by Crippen LogP contribution is 2.09. The van der Waals surface area contributed by atoms with Gasteiger partial charge in [-0.25, -0.2) is 0 Å². The molecule has 0 radical (unpaired) electrons. The second-order valence-electron chi connectivity index (χ2n) is 5.81. The van der Waals surface area contributed by atoms with Crippen LogP contribution in [0.2, 0.25) is 0 Å². The summed E-state index contributed by atoms with van der Waals surface area (Å²) in [6.07, 6.45) is 0. The van der Waals surface area contributed by atoms with Gasteiger partial charge < -0.3 is 14.6 Å². The van der Waals surface area contributed by atoms with Crippen molar-refractivity contribution in [2.45, 2.75) is 26.7 Å². The fourth-order valence-electron chi connectivity index (χ4n) is 2.35. The van der Waals surface area contributed by atoms with Gasteiger partial charge in [0, 0.05) is 12.6 Å². The molecule has 0 unspecified atom stereocenters. The number of aryl methyl sites for hydroxylation is 1. The van der Waals surface area contributed by atoms with Gasteiger partial charge in [0.05, 0.1) is 18.9 Å². The second kappa shape index (κ2) is 8.26. The molecule has 5 nitrogen and oxygen atoms in total. The minimum Gasteiger partial charge on any atom is -0.372 e. The van der Waals surface area contributed by atoms with E-state index in [2.05, 4.69) is 10.5 Å². The molecular formula is C20H20N2O3. The van der Waals surface area contributed by atoms with Crippen LogP contribution in [0.25, 0.3) is 0 Å². The zero-order valence-electron chi connectivity index (χ0n) is 14.1. The first-order valence-corrected chi connectivity index (χ1v) is 8.12. The Labute approximate surface area is 146 Å². The third-order valence-corrected chi connectivity index (χ3v) is 3.71. The van der Waals surface area contributed by atoms with Gasteiger partial charge in [-0.05, 0) is 23.6 Å². The van der Waals surface area contributed by atoms with Gasteiger partial charge in [0.1, 0.15) is 0 Å². The highest BCUT2D eigenvalue weighted by atomic mass is 16.5. The maximum atomic E-state index is 11.9. The van der Waals surface area contributed by atoms with Crippen LogP contribution in [0.1, 0.15) is 32.9 Å². The molecule has 0 saturated heterocycles. The summed E-state index contributed by atoms with van der Waals surface area (Å²) in [5.74, 6) is -0.0423. The van der Waals surface area contributed by atoms with Crippen molar-refractivity contribution in [3.05, 3.63) is 88.8 Å². The van der Waals surface area contributed by atoms with Crippen LogP contribution in [0.15, 0.2) is 65.2 Å². The van der Waals surface area contributed by atoms with Gasteiger partial charge in [0.25, 0.3) is 5.91 Å². The number of carbonyl (C=O) groups excluding carboxylic acids is 1. The number of amides is 1. The van der Waals surface area contributed by atoms with Crippen molar-refractivity contribution < 1.29 is 14.1 Å². The highest BCUT2D eigenvalue weighted by molar-refractivity contribution is 5.91. The molecule has 128 valence electrons. The summed E-state index contributed by atoms with van der Waals surface area (Å²) in [5.41, 5.74) is 3.95. The highest BCUT2D eigenvalue weighted by Gasteiger charge is 2.10. The quantitative estimate of drug-likeness (QED) is 0.715. The predicted octanol–water partition coefficient (Wildman–Crippen LogP) is 3.63. The first kappa shape index (κ1) is 16.9. The number of nitrogens with zero attached hydrogens (tertiary/aromatic N) is 1. The van der Waals surface area contributed by atoms with Crippen molar-refractivity contribution >= 4 is 5.91 Å². The van der Waals surface area contributed by atoms with Crippen LogP contribution in [0, 0.1) is 6.92 Å². The maximum Gasteiger partial charge on any atom is 0.290 e. The average molecular weight is 336 g/mol. The van der Waals surface area contributed by atoms with E-state index in [0.29, 0.717) is 25.5 Å². The molecule has 25 heavy (non-hydrogen) atoms. The van der Waals surface area contributed by atoms with Crippen molar-refractivity contribution in [2.75, 3.05) is 0 Å². The molecule has 1 heterocycles. The summed E-state index contributed by atoms with van der Waals surface area (Å²) in [7, 11) is 0. The summed E-state index contributed by atoms with van der Waals surface area (Å²) in [4.78, 5) is 11.9. The second-order valence-corrected chi connectivity index (χ2v) is 5.81. The number of hydrogen-bond acceptors (Lipinski definition) is 4. The largest absolute Gasteiger partial charge is 0.372 e. The number of hydrogen-bond donors (Lipinski definition) is 1. The normalized spacial score (nSPS) is 10.6. The van der Waals surface area contributed by atoms with Crippen molar-refractivity contribution in [3.8, 4) is 0 Å². The van der Waals surface area contributed by atoms with Gasteiger partial charge in [-0.3, -0.25) is 4.79 Å². The van der Waals surface area contributed by atoms with E-state index in [1.54, 1.807) is 13.0 Å². The molecule has 0 saturated carbocycles. The Morgan fingerprint density at radius 1 is 1.00 bits per heavy atom. The smallest absolute Gasteiger partial charge is 0.290 e. The van der Waals surface area contributed by atoms with E-state index in [1.807, 2.05) is 54.6 Å². The molecule has 0 aliphatic carbocycles. The monoisotopic (exact) mass is 336 g/mol. The Kier molecular flexibility index (Phi) is 5.59. The zero-order valence-corrected chi connectivity index (χ0v) is 14.1. The SMILES string of the molecule is Cc1cc(C(=O)NCc2ccc(COCc3ccccc3)cc2)on1. The van der Waals surface area contributed by atoms with E-state index in [1.165, 1.54) is 0 Å². The molecule has 3 aromatic rings. The van der Waals surface area contributed by atoms with Crippen LogP contribution < -0.4 is 5.32 Å². The third-order valence-electron chi connectivity index (χ3n) is 3.71. The maximum absolute atomic E-state index is 11.9. The Bertz CT molecular complexity index is 810. The molecule has 0 aliphatic heterocycles. The molecule has 2 aromatic carbocycles. The van der Waals surface area contributed by atoms with Gasteiger partial charge in [-0.15, -0.1) is 0 Å². The van der Waals surface area contributed by atoms with Crippen molar-refractivity contribution in [1.29, 1.82) is 0 Å². The van der Waals surface area contributed by atoms with Crippen LogP contribution in [0.3, 0.4) is 0 Å². The third kappa shape index (κ3) is 5.02. The van der Waals surface area contributed by atoms with E-state index >= 15 is 0 Å². The van der Waals surface area contributed by atoms with Gasteiger partial charge in [-0.2, -0.15) is 0 Å². The fourth-order valence-corrected chi connectivity index (χ4v) is 2.35. The molecule has 0 aliphatic rings. The molecule has 5 heteroatoms. The van der Waals surface area contributed by atoms with Gasteiger partial charge in [-0.1, -0.05) is 59.8 Å². The number of aromatic nitrogens is 1. The number of nitrogens with one attached hydrogen (secondary N) is 1. The molecule has 3 rings (SSSR count). The van der Waals surface area contributed by atoms with Crippen LogP contribution in [0.5, 0.6) is 0 Å². The molecule has 0 bridgehead atoms. The summed E-state index contributed by atoms with van der Waals surface area (Å²) in [5, 5.41) is 6.51. The van der Waals surface area contributed by atoms with E-state index < -0.39 is 0 Å². The molecule has 0 spiro atoms. The Balaban J connectivity index is 1.44. The molecule has 0 atom stereocenters. The standard InChI is InChI=1S/C20H20N2O3/c1-15-11-19(25-22-15)20(23)21-12-16-7-9-18(10-8-16)14-24-13-17-5-3-2-4-6-17/h2-11H,12-14H2,1H3,(H,21,23). The lowest BCUT2D eigenvalue weighted by Gasteiger charge is -2.07. The molecule has 0 fully saturated rings. The lowest BCUT2D eigenvalue weighted by Crippen LogP contribution is -2.22. The Morgan fingerprint density at radius 2 is 1.64 bits per heavy atom. The van der Waals surface area contributed by atoms with E-state index in [0.717, 1.165) is 16.7 Å². The number of ether oxygens (including phenoxy) is 1. The van der Waals surface area contributed by atoms with Gasteiger partial charge in [0.15, 0.2) is 0 Å². The summed E-state index contributed by atoms with van der Waals surface area (Å²) < 4.78 is 10.7. The van der Waals surface area contributed by atoms with Gasteiger partial charge >= 0.3 is 0 Å². The molecule has 1 amide bonds. The van der Waals surface area contributed by atoms with E-state index in [4.69, 9.17) is 9.26 Å². The fraction of sp³-hybridized carbons (Fsp3) is 0.200. The topological polar surface area (TPSA) is 64.4 Å². The van der Waals surface area contributed by atoms with Crippen LogP contribution in [-0.2, 0) is 24.5 Å². The zero-order chi connectivity index (χ0) is 17.5. The van der Waals surface area contributed by atoms with E-state index in [9.17, 15) is 4.79 Å². The predicted molar refractivity (Wildman–Crippen MR) is 93.8 cm³/mol. The number of rotatable bonds is 7. The van der Waals surface area contributed by atoms with Crippen LogP contribution in [-0.4, -0.2) is 11.1 Å². The van der Waals surface area contributed by atoms with Crippen molar-refractivity contribution in [2.24, 2.45) is 0 Å². The number of carbonyl (C=O) groups is 1. The molecular weight excluding hydrogens is 316 g/mol. The molecule has 1 aromatic heterocycles. The van der Waals surface area contributed by atoms with Crippen molar-refractivity contribution in [1.82, 2.24) is 10.5 Å². The Hall–Kier alpha value is -2.92. The first-order chi connectivity index (χ1) is 12.2. The van der Waals surface area contributed by atoms with E-state index in [-0.39, 0.29) is 11.7 Å². The average Bonchev–Trinajstić information content (AvgIpc) is 3.08. The molecule has 1 N–H and O–H groups in total. The first-order valence-electron chi connectivity index (χ1n) is 8.12. The lowest BCUT2D eigenvalue weighted by atomic mass is 10.1. The number of benzene rings is 2. The summed E-state index contributed by atoms with van der Waals surface area (Å²) >= 11 is 0.